The average molecular weight is 114 g/mol. The number of hydrogen-bond acceptors (Lipinski definition) is 1. The van der Waals surface area contributed by atoms with E-state index in [2.05, 4.69) is 12.0 Å². The lowest BCUT2D eigenvalue weighted by Crippen LogP contribution is -1.59. The maximum absolute atomic E-state index is 2.98. The Morgan fingerprint density at radius 2 is 2.43 bits per heavy atom. The Kier molecular flexibility index (Phi) is 5.76. The van der Waals surface area contributed by atoms with Crippen molar-refractivity contribution in [3.05, 3.63) is 17.9 Å². The van der Waals surface area contributed by atoms with Gasteiger partial charge >= 0.3 is 0 Å². The second-order valence-corrected chi connectivity index (χ2v) is 2.03. The maximum atomic E-state index is 2.98. The Morgan fingerprint density at radius 3 is 2.86 bits per heavy atom. The molecule has 0 fully saturated rings. The summed E-state index contributed by atoms with van der Waals surface area (Å²) in [7, 11) is 0. The molecule has 0 saturated heterocycles. The monoisotopic (exact) mass is 114 g/mol. The quantitative estimate of drug-likeness (QED) is 0.495. The summed E-state index contributed by atoms with van der Waals surface area (Å²) in [6.07, 6.45) is 6.01. The van der Waals surface area contributed by atoms with Crippen molar-refractivity contribution in [1.82, 2.24) is 0 Å². The van der Waals surface area contributed by atoms with E-state index in [1.54, 1.807) is 11.8 Å². The van der Waals surface area contributed by atoms with E-state index in [1.807, 2.05) is 19.1 Å². The lowest BCUT2D eigenvalue weighted by Gasteiger charge is -1.75. The summed E-state index contributed by atoms with van der Waals surface area (Å²) in [5, 5.41) is 0. The zero-order valence-electron chi connectivity index (χ0n) is 4.77. The Labute approximate surface area is 49.3 Å². The van der Waals surface area contributed by atoms with Crippen molar-refractivity contribution in [1.29, 1.82) is 0 Å². The van der Waals surface area contributed by atoms with Gasteiger partial charge in [0.15, 0.2) is 0 Å². The first-order valence-electron chi connectivity index (χ1n) is 2.26. The van der Waals surface area contributed by atoms with E-state index in [1.165, 1.54) is 0 Å². The van der Waals surface area contributed by atoms with Crippen LogP contribution in [0.2, 0.25) is 0 Å². The van der Waals surface area contributed by atoms with Crippen LogP contribution < -0.4 is 0 Å². The minimum atomic E-state index is 1.07. The van der Waals surface area contributed by atoms with Gasteiger partial charge < -0.3 is 0 Å². The minimum absolute atomic E-state index is 1.07. The lowest BCUT2D eigenvalue weighted by molar-refractivity contribution is 1.72. The molecule has 0 amide bonds. The van der Waals surface area contributed by atoms with E-state index in [9.17, 15) is 0 Å². The van der Waals surface area contributed by atoms with Gasteiger partial charge in [-0.2, -0.15) is 11.8 Å². The molecule has 40 valence electrons. The molecule has 0 aromatic heterocycles. The van der Waals surface area contributed by atoms with Gasteiger partial charge in [-0.05, 0) is 25.3 Å². The Hall–Kier alpha value is -0.130. The molecule has 0 spiro atoms. The molecule has 0 aliphatic carbocycles. The summed E-state index contributed by atoms with van der Waals surface area (Å²) in [5.41, 5.74) is 2.98. The van der Waals surface area contributed by atoms with Crippen LogP contribution in [0.15, 0.2) is 17.9 Å². The zero-order chi connectivity index (χ0) is 5.54. The van der Waals surface area contributed by atoms with Crippen LogP contribution in [0.3, 0.4) is 0 Å². The molecule has 0 aliphatic heterocycles. The molecule has 0 saturated carbocycles. The van der Waals surface area contributed by atoms with Crippen molar-refractivity contribution in [2.45, 2.75) is 6.92 Å². The van der Waals surface area contributed by atoms with Crippen molar-refractivity contribution < 1.29 is 0 Å². The van der Waals surface area contributed by atoms with Crippen molar-refractivity contribution in [2.24, 2.45) is 0 Å². The minimum Gasteiger partial charge on any atom is -0.161 e. The Bertz CT molecular complexity index is 78.2. The van der Waals surface area contributed by atoms with Crippen LogP contribution in [-0.4, -0.2) is 12.0 Å². The third kappa shape index (κ3) is 5.87. The molecule has 0 rings (SSSR count). The van der Waals surface area contributed by atoms with Crippen LogP contribution in [0.4, 0.5) is 0 Å². The average Bonchev–Trinajstić information content (AvgIpc) is 1.69. The predicted molar refractivity (Wildman–Crippen MR) is 36.7 cm³/mol. The molecule has 1 heteroatoms. The molecule has 0 aliphatic rings. The third-order valence-electron chi connectivity index (χ3n) is 0.535. The van der Waals surface area contributed by atoms with E-state index in [-0.39, 0.29) is 0 Å². The second kappa shape index (κ2) is 5.87. The molecular weight excluding hydrogens is 104 g/mol. The highest BCUT2D eigenvalue weighted by Gasteiger charge is 1.64. The smallest absolute Gasteiger partial charge is 0.0186 e. The van der Waals surface area contributed by atoms with Crippen LogP contribution >= 0.6 is 11.8 Å². The summed E-state index contributed by atoms with van der Waals surface area (Å²) in [5.74, 6) is 1.07. The fraction of sp³-hybridized carbons (Fsp3) is 0.500. The van der Waals surface area contributed by atoms with Gasteiger partial charge in [-0.3, -0.25) is 0 Å². The third-order valence-corrected chi connectivity index (χ3v) is 1.03. The van der Waals surface area contributed by atoms with E-state index >= 15 is 0 Å². The van der Waals surface area contributed by atoms with E-state index in [0.29, 0.717) is 0 Å². The highest BCUT2D eigenvalue weighted by Crippen LogP contribution is 1.88. The molecule has 0 unspecified atom stereocenters. The summed E-state index contributed by atoms with van der Waals surface area (Å²) in [6.45, 7) is 1.97. The second-order valence-electron chi connectivity index (χ2n) is 1.11. The van der Waals surface area contributed by atoms with Gasteiger partial charge in [0.25, 0.3) is 0 Å². The fourth-order valence-electron chi connectivity index (χ4n) is 0.249. The van der Waals surface area contributed by atoms with Crippen LogP contribution in [0, 0.1) is 0 Å². The van der Waals surface area contributed by atoms with Crippen LogP contribution in [0.25, 0.3) is 0 Å². The molecule has 0 nitrogen and oxygen atoms in total. The Balaban J connectivity index is 3.10. The topological polar surface area (TPSA) is 0 Å². The van der Waals surface area contributed by atoms with Crippen molar-refractivity contribution in [3.63, 3.8) is 0 Å². The standard InChI is InChI=1S/C6H10S/c1-3-4-5-6-7-2/h3,5H,6H2,1-2H3. The first-order valence-corrected chi connectivity index (χ1v) is 3.65. The summed E-state index contributed by atoms with van der Waals surface area (Å²) < 4.78 is 0. The van der Waals surface area contributed by atoms with Gasteiger partial charge in [0.1, 0.15) is 0 Å². The summed E-state index contributed by atoms with van der Waals surface area (Å²) in [4.78, 5) is 0. The Morgan fingerprint density at radius 1 is 1.71 bits per heavy atom. The number of rotatable bonds is 2. The molecule has 0 aromatic carbocycles. The largest absolute Gasteiger partial charge is 0.161 e. The highest BCUT2D eigenvalue weighted by atomic mass is 32.2. The molecule has 0 atom stereocenters. The normalized spacial score (nSPS) is 7.14. The highest BCUT2D eigenvalue weighted by molar-refractivity contribution is 7.98. The predicted octanol–water partition coefficient (Wildman–Crippen LogP) is 2.08. The summed E-state index contributed by atoms with van der Waals surface area (Å²) in [6, 6.07) is 0. The van der Waals surface area contributed by atoms with Crippen molar-refractivity contribution in [2.75, 3.05) is 12.0 Å². The van der Waals surface area contributed by atoms with Crippen LogP contribution in [0.1, 0.15) is 6.92 Å². The lowest BCUT2D eigenvalue weighted by atomic mass is 10.6. The molecule has 0 N–H and O–H groups in total. The van der Waals surface area contributed by atoms with Gasteiger partial charge in [-0.25, -0.2) is 0 Å². The summed E-state index contributed by atoms with van der Waals surface area (Å²) >= 11 is 1.80. The van der Waals surface area contributed by atoms with E-state index in [4.69, 9.17) is 0 Å². The van der Waals surface area contributed by atoms with Crippen molar-refractivity contribution in [3.8, 4) is 0 Å². The number of hydrogen-bond donors (Lipinski definition) is 0. The van der Waals surface area contributed by atoms with Gasteiger partial charge in [0, 0.05) is 5.75 Å². The first kappa shape index (κ1) is 6.87. The first-order chi connectivity index (χ1) is 3.41. The zero-order valence-corrected chi connectivity index (χ0v) is 5.59. The molecule has 7 heavy (non-hydrogen) atoms. The van der Waals surface area contributed by atoms with Crippen LogP contribution in [0.5, 0.6) is 0 Å². The van der Waals surface area contributed by atoms with Gasteiger partial charge in [-0.1, -0.05) is 0 Å². The van der Waals surface area contributed by atoms with Gasteiger partial charge in [0.05, 0.1) is 0 Å². The van der Waals surface area contributed by atoms with Gasteiger partial charge in [-0.15, -0.1) is 5.73 Å². The van der Waals surface area contributed by atoms with E-state index in [0.717, 1.165) is 5.75 Å². The van der Waals surface area contributed by atoms with Gasteiger partial charge in [0.2, 0.25) is 0 Å². The van der Waals surface area contributed by atoms with E-state index < -0.39 is 0 Å². The molecular formula is C6H10S. The van der Waals surface area contributed by atoms with Crippen LogP contribution in [-0.2, 0) is 0 Å². The number of thioether (sulfide) groups is 1. The fourth-order valence-corrected chi connectivity index (χ4v) is 0.512. The maximum Gasteiger partial charge on any atom is 0.0186 e. The molecule has 0 heterocycles. The molecule has 0 radical (unpaired) electrons. The SMILES string of the molecule is CC=C=CCSC. The van der Waals surface area contributed by atoms with Crippen molar-refractivity contribution >= 4 is 11.8 Å². The molecule has 0 aromatic rings. The molecule has 0 bridgehead atoms.